The largest absolute Gasteiger partial charge is 0.205 e. The Kier molecular flexibility index (Phi) is 4.37. The molecule has 0 aliphatic rings. The number of benzene rings is 1. The molecule has 0 N–H and O–H groups in total. The molecule has 2 rings (SSSR count). The number of halogens is 5. The first-order chi connectivity index (χ1) is 8.00. The normalized spacial score (nSPS) is 12.8. The second-order valence-electron chi connectivity index (χ2n) is 3.28. The molecule has 0 saturated heterocycles. The van der Waals surface area contributed by atoms with Crippen LogP contribution in [0.15, 0.2) is 28.7 Å². The summed E-state index contributed by atoms with van der Waals surface area (Å²) in [7, 11) is 0. The number of rotatable bonds is 2. The van der Waals surface area contributed by atoms with Crippen LogP contribution < -0.4 is 0 Å². The van der Waals surface area contributed by atoms with Crippen LogP contribution in [0.25, 0.3) is 0 Å². The van der Waals surface area contributed by atoms with E-state index in [1.54, 1.807) is 18.2 Å². The molecule has 0 aliphatic carbocycles. The van der Waals surface area contributed by atoms with Crippen LogP contribution >= 0.6 is 62.1 Å². The van der Waals surface area contributed by atoms with E-state index >= 15 is 0 Å². The van der Waals surface area contributed by atoms with Gasteiger partial charge >= 0.3 is 0 Å². The van der Waals surface area contributed by atoms with E-state index in [1.807, 2.05) is 0 Å². The van der Waals surface area contributed by atoms with Crippen molar-refractivity contribution >= 4 is 62.1 Å². The molecule has 90 valence electrons. The summed E-state index contributed by atoms with van der Waals surface area (Å²) in [5.74, 6) is -0.491. The van der Waals surface area contributed by atoms with Crippen LogP contribution in [0, 0.1) is 5.82 Å². The lowest BCUT2D eigenvalue weighted by Gasteiger charge is -2.09. The number of hydrogen-bond acceptors (Lipinski definition) is 1. The summed E-state index contributed by atoms with van der Waals surface area (Å²) in [6.45, 7) is 0. The Morgan fingerprint density at radius 1 is 1.29 bits per heavy atom. The molecule has 1 aromatic heterocycles. The summed E-state index contributed by atoms with van der Waals surface area (Å²) < 4.78 is 15.1. The lowest BCUT2D eigenvalue weighted by Crippen LogP contribution is -1.95. The lowest BCUT2D eigenvalue weighted by atomic mass is 10.1. The fraction of sp³-hybridized carbons (Fsp3) is 0.0909. The first kappa shape index (κ1) is 13.6. The van der Waals surface area contributed by atoms with Crippen molar-refractivity contribution in [2.24, 2.45) is 0 Å². The highest BCUT2D eigenvalue weighted by atomic mass is 79.9. The van der Waals surface area contributed by atoms with Gasteiger partial charge in [-0.05, 0) is 28.1 Å². The van der Waals surface area contributed by atoms with E-state index in [0.29, 0.717) is 9.90 Å². The second kappa shape index (κ2) is 5.45. The molecule has 0 amide bonds. The number of thiophene rings is 1. The second-order valence-corrected chi connectivity index (χ2v) is 6.66. The lowest BCUT2D eigenvalue weighted by molar-refractivity contribution is 0.613. The summed E-state index contributed by atoms with van der Waals surface area (Å²) in [6.07, 6.45) is 0. The van der Waals surface area contributed by atoms with Crippen molar-refractivity contribution in [1.82, 2.24) is 0 Å². The van der Waals surface area contributed by atoms with Gasteiger partial charge < -0.3 is 0 Å². The Labute approximate surface area is 125 Å². The predicted octanol–water partition coefficient (Wildman–Crippen LogP) is 6.28. The maximum absolute atomic E-state index is 13.8. The quantitative estimate of drug-likeness (QED) is 0.542. The van der Waals surface area contributed by atoms with Crippen molar-refractivity contribution < 1.29 is 4.39 Å². The number of hydrogen-bond donors (Lipinski definition) is 0. The smallest absolute Gasteiger partial charge is 0.146 e. The van der Waals surface area contributed by atoms with Gasteiger partial charge in [0.1, 0.15) is 10.2 Å². The summed E-state index contributed by atoms with van der Waals surface area (Å²) in [5, 5.41) is -0.530. The highest BCUT2D eigenvalue weighted by Crippen LogP contribution is 2.41. The van der Waals surface area contributed by atoms with E-state index in [0.717, 1.165) is 9.35 Å². The van der Waals surface area contributed by atoms with Crippen molar-refractivity contribution in [3.8, 4) is 0 Å². The molecule has 0 aliphatic heterocycles. The minimum Gasteiger partial charge on any atom is -0.205 e. The third-order valence-electron chi connectivity index (χ3n) is 2.17. The minimum absolute atomic E-state index is 0.0647. The van der Waals surface area contributed by atoms with Gasteiger partial charge in [0.25, 0.3) is 0 Å². The highest BCUT2D eigenvalue weighted by Gasteiger charge is 2.20. The predicted molar refractivity (Wildman–Crippen MR) is 76.1 cm³/mol. The Balaban J connectivity index is 2.43. The van der Waals surface area contributed by atoms with Crippen LogP contribution in [0.1, 0.15) is 15.8 Å². The molecule has 2 aromatic rings. The van der Waals surface area contributed by atoms with Crippen molar-refractivity contribution in [2.75, 3.05) is 0 Å². The molecule has 0 saturated carbocycles. The van der Waals surface area contributed by atoms with E-state index in [-0.39, 0.29) is 5.02 Å². The summed E-state index contributed by atoms with van der Waals surface area (Å²) >= 11 is 22.5. The minimum atomic E-state index is -0.595. The molecule has 0 spiro atoms. The first-order valence-electron chi connectivity index (χ1n) is 4.53. The Morgan fingerprint density at radius 3 is 2.59 bits per heavy atom. The third kappa shape index (κ3) is 2.79. The average molecular weight is 374 g/mol. The molecule has 0 fully saturated rings. The van der Waals surface area contributed by atoms with Crippen molar-refractivity contribution in [3.05, 3.63) is 54.4 Å². The van der Waals surface area contributed by atoms with Crippen LogP contribution in [0.3, 0.4) is 0 Å². The van der Waals surface area contributed by atoms with E-state index in [4.69, 9.17) is 34.8 Å². The van der Waals surface area contributed by atoms with Gasteiger partial charge in [0.05, 0.1) is 10.4 Å². The van der Waals surface area contributed by atoms with E-state index in [2.05, 4.69) is 15.9 Å². The van der Waals surface area contributed by atoms with Crippen molar-refractivity contribution in [1.29, 1.82) is 0 Å². The maximum atomic E-state index is 13.8. The SMILES string of the molecule is Fc1c(Cl)cccc1C(Cl)c1cc(Br)c(Cl)s1. The molecule has 1 atom stereocenters. The van der Waals surface area contributed by atoms with Gasteiger partial charge in [0, 0.05) is 14.9 Å². The zero-order valence-corrected chi connectivity index (χ0v) is 12.9. The molecular formula is C11H5BrCl3FS. The molecule has 1 unspecified atom stereocenters. The van der Waals surface area contributed by atoms with Gasteiger partial charge in [-0.15, -0.1) is 22.9 Å². The fourth-order valence-corrected chi connectivity index (χ4v) is 3.64. The monoisotopic (exact) mass is 372 g/mol. The molecule has 6 heteroatoms. The molecule has 1 aromatic carbocycles. The molecule has 1 heterocycles. The van der Waals surface area contributed by atoms with Crippen LogP contribution in [-0.2, 0) is 0 Å². The molecular weight excluding hydrogens is 369 g/mol. The van der Waals surface area contributed by atoms with Crippen molar-refractivity contribution in [3.63, 3.8) is 0 Å². The molecule has 0 bridgehead atoms. The Hall–Kier alpha value is 0.200. The van der Waals surface area contributed by atoms with Gasteiger partial charge in [0.2, 0.25) is 0 Å². The standard InChI is InChI=1S/C11H5BrCl3FS/c12-6-4-8(17-11(6)15)9(14)5-2-1-3-7(13)10(5)16/h1-4,9H. The van der Waals surface area contributed by atoms with Crippen LogP contribution in [-0.4, -0.2) is 0 Å². The first-order valence-corrected chi connectivity index (χ1v) is 7.33. The zero-order chi connectivity index (χ0) is 12.6. The van der Waals surface area contributed by atoms with E-state index < -0.39 is 11.2 Å². The van der Waals surface area contributed by atoms with Crippen LogP contribution in [0.4, 0.5) is 4.39 Å². The van der Waals surface area contributed by atoms with Gasteiger partial charge in [-0.1, -0.05) is 35.3 Å². The van der Waals surface area contributed by atoms with Crippen LogP contribution in [0.5, 0.6) is 0 Å². The van der Waals surface area contributed by atoms with Gasteiger partial charge in [-0.3, -0.25) is 0 Å². The van der Waals surface area contributed by atoms with Crippen LogP contribution in [0.2, 0.25) is 9.36 Å². The van der Waals surface area contributed by atoms with Crippen molar-refractivity contribution in [2.45, 2.75) is 5.38 Å². The zero-order valence-electron chi connectivity index (χ0n) is 8.18. The number of alkyl halides is 1. The molecule has 0 radical (unpaired) electrons. The molecule has 0 nitrogen and oxygen atoms in total. The fourth-order valence-electron chi connectivity index (χ4n) is 1.36. The maximum Gasteiger partial charge on any atom is 0.146 e. The summed E-state index contributed by atoms with van der Waals surface area (Å²) in [4.78, 5) is 0.768. The summed E-state index contributed by atoms with van der Waals surface area (Å²) in [5.41, 5.74) is 0.351. The van der Waals surface area contributed by atoms with Gasteiger partial charge in [-0.25, -0.2) is 4.39 Å². The highest BCUT2D eigenvalue weighted by molar-refractivity contribution is 9.10. The Bertz CT molecular complexity index is 536. The Morgan fingerprint density at radius 2 is 2.00 bits per heavy atom. The average Bonchev–Trinajstić information content (AvgIpc) is 2.62. The van der Waals surface area contributed by atoms with Gasteiger partial charge in [-0.2, -0.15) is 0 Å². The third-order valence-corrected chi connectivity index (χ3v) is 5.60. The van der Waals surface area contributed by atoms with E-state index in [9.17, 15) is 4.39 Å². The topological polar surface area (TPSA) is 0 Å². The van der Waals surface area contributed by atoms with E-state index in [1.165, 1.54) is 17.4 Å². The van der Waals surface area contributed by atoms with Gasteiger partial charge in [0.15, 0.2) is 0 Å². The summed E-state index contributed by atoms with van der Waals surface area (Å²) in [6, 6.07) is 6.55. The molecule has 17 heavy (non-hydrogen) atoms.